The highest BCUT2D eigenvalue weighted by atomic mass is 16.5. The van der Waals surface area contributed by atoms with Crippen molar-refractivity contribution in [1.29, 1.82) is 0 Å². The summed E-state index contributed by atoms with van der Waals surface area (Å²) in [5.74, 6) is 0.969. The van der Waals surface area contributed by atoms with Gasteiger partial charge in [-0.05, 0) is 60.9 Å². The predicted molar refractivity (Wildman–Crippen MR) is 117 cm³/mol. The normalized spacial score (nSPS) is 20.6. The molecule has 2 aromatic carbocycles. The highest BCUT2D eigenvalue weighted by molar-refractivity contribution is 5.83. The summed E-state index contributed by atoms with van der Waals surface area (Å²) in [6.45, 7) is 2.65. The molecule has 5 nitrogen and oxygen atoms in total. The molecule has 2 aliphatic rings. The molecule has 0 aromatic heterocycles. The number of rotatable bonds is 7. The second-order valence-corrected chi connectivity index (χ2v) is 8.30. The highest BCUT2D eigenvalue weighted by Crippen LogP contribution is 2.38. The fourth-order valence-corrected chi connectivity index (χ4v) is 4.54. The third-order valence-electron chi connectivity index (χ3n) is 6.39. The van der Waals surface area contributed by atoms with Gasteiger partial charge in [0.25, 0.3) is 0 Å². The molecule has 2 fully saturated rings. The molecule has 5 heteroatoms. The number of nitrogens with one attached hydrogen (secondary N) is 1. The van der Waals surface area contributed by atoms with Crippen molar-refractivity contribution in [3.63, 3.8) is 0 Å². The average Bonchev–Trinajstić information content (AvgIpc) is 3.32. The van der Waals surface area contributed by atoms with Gasteiger partial charge in [0.1, 0.15) is 5.75 Å². The van der Waals surface area contributed by atoms with Crippen molar-refractivity contribution >= 4 is 5.91 Å². The Morgan fingerprint density at radius 1 is 1.10 bits per heavy atom. The maximum atomic E-state index is 13.4. The number of ether oxygens (including phenoxy) is 3. The lowest BCUT2D eigenvalue weighted by molar-refractivity contribution is -0.137. The molecule has 4 rings (SSSR count). The van der Waals surface area contributed by atoms with Gasteiger partial charge < -0.3 is 19.5 Å². The minimum Gasteiger partial charge on any atom is -0.497 e. The van der Waals surface area contributed by atoms with Crippen LogP contribution in [0.4, 0.5) is 0 Å². The van der Waals surface area contributed by atoms with Crippen molar-refractivity contribution in [1.82, 2.24) is 5.32 Å². The van der Waals surface area contributed by atoms with Crippen LogP contribution in [0.1, 0.15) is 31.2 Å². The zero-order valence-electron chi connectivity index (χ0n) is 17.7. The highest BCUT2D eigenvalue weighted by Gasteiger charge is 2.40. The number of hydrogen-bond acceptors (Lipinski definition) is 4. The first kappa shape index (κ1) is 20.9. The Balaban J connectivity index is 1.56. The number of carbonyl (C=O) groups excluding carboxylic acids is 1. The van der Waals surface area contributed by atoms with Crippen molar-refractivity contribution in [2.75, 3.05) is 33.5 Å². The van der Waals surface area contributed by atoms with Crippen molar-refractivity contribution in [3.8, 4) is 16.9 Å². The number of carbonyl (C=O) groups is 1. The molecule has 0 saturated carbocycles. The van der Waals surface area contributed by atoms with Gasteiger partial charge in [-0.25, -0.2) is 0 Å². The maximum absolute atomic E-state index is 13.4. The molecular weight excluding hydrogens is 378 g/mol. The molecule has 0 aliphatic carbocycles. The lowest BCUT2D eigenvalue weighted by atomic mass is 9.73. The summed E-state index contributed by atoms with van der Waals surface area (Å²) >= 11 is 0. The molecule has 160 valence electrons. The van der Waals surface area contributed by atoms with Gasteiger partial charge in [0.05, 0.1) is 18.6 Å². The number of hydrogen-bond donors (Lipinski definition) is 1. The van der Waals surface area contributed by atoms with E-state index in [1.807, 2.05) is 12.1 Å². The number of methoxy groups -OCH3 is 1. The standard InChI is InChI=1S/C25H31NO4/c1-28-21-10-8-19(9-11-21)23-7-3-2-5-20(23)17-25(12-15-29-16-13-25)24(27)26-18-22-6-4-14-30-22/h2-3,5,7-11,22H,4,6,12-18H2,1H3,(H,26,27)/t22-/m0/s1. The molecule has 1 amide bonds. The first-order valence-corrected chi connectivity index (χ1v) is 10.9. The summed E-state index contributed by atoms with van der Waals surface area (Å²) in [5, 5.41) is 3.19. The molecule has 2 saturated heterocycles. The molecule has 2 heterocycles. The van der Waals surface area contributed by atoms with Crippen LogP contribution in [-0.4, -0.2) is 45.5 Å². The minimum absolute atomic E-state index is 0.130. The van der Waals surface area contributed by atoms with E-state index in [0.717, 1.165) is 49.2 Å². The second kappa shape index (κ2) is 9.63. The van der Waals surface area contributed by atoms with E-state index in [2.05, 4.69) is 41.7 Å². The monoisotopic (exact) mass is 409 g/mol. The Bertz CT molecular complexity index is 836. The zero-order valence-corrected chi connectivity index (χ0v) is 17.7. The van der Waals surface area contributed by atoms with Gasteiger partial charge in [0, 0.05) is 26.4 Å². The summed E-state index contributed by atoms with van der Waals surface area (Å²) in [7, 11) is 1.67. The van der Waals surface area contributed by atoms with E-state index in [9.17, 15) is 4.79 Å². The topological polar surface area (TPSA) is 56.8 Å². The predicted octanol–water partition coefficient (Wildman–Crippen LogP) is 4.00. The largest absolute Gasteiger partial charge is 0.497 e. The first-order valence-electron chi connectivity index (χ1n) is 10.9. The first-order chi connectivity index (χ1) is 14.7. The maximum Gasteiger partial charge on any atom is 0.226 e. The summed E-state index contributed by atoms with van der Waals surface area (Å²) in [5.41, 5.74) is 3.04. The fourth-order valence-electron chi connectivity index (χ4n) is 4.54. The van der Waals surface area contributed by atoms with Crippen molar-refractivity contribution in [3.05, 3.63) is 54.1 Å². The Hall–Kier alpha value is -2.37. The Kier molecular flexibility index (Phi) is 6.70. The van der Waals surface area contributed by atoms with E-state index in [1.165, 1.54) is 5.56 Å². The van der Waals surface area contributed by atoms with Crippen LogP contribution in [0.2, 0.25) is 0 Å². The van der Waals surface area contributed by atoms with Crippen molar-refractivity contribution in [2.45, 2.75) is 38.2 Å². The SMILES string of the molecule is COc1ccc(-c2ccccc2CC2(C(=O)NC[C@@H]3CCCO3)CCOCC2)cc1. The van der Waals surface area contributed by atoms with E-state index in [0.29, 0.717) is 26.2 Å². The van der Waals surface area contributed by atoms with E-state index < -0.39 is 5.41 Å². The molecule has 2 aromatic rings. The van der Waals surface area contributed by atoms with Crippen LogP contribution in [0, 0.1) is 5.41 Å². The molecule has 0 spiro atoms. The quantitative estimate of drug-likeness (QED) is 0.751. The van der Waals surface area contributed by atoms with Gasteiger partial charge in [0.15, 0.2) is 0 Å². The van der Waals surface area contributed by atoms with Crippen LogP contribution < -0.4 is 10.1 Å². The van der Waals surface area contributed by atoms with Gasteiger partial charge in [-0.1, -0.05) is 36.4 Å². The smallest absolute Gasteiger partial charge is 0.226 e. The second-order valence-electron chi connectivity index (χ2n) is 8.30. The van der Waals surface area contributed by atoms with Gasteiger partial charge >= 0.3 is 0 Å². The van der Waals surface area contributed by atoms with E-state index in [4.69, 9.17) is 14.2 Å². The van der Waals surface area contributed by atoms with Crippen LogP contribution in [0.25, 0.3) is 11.1 Å². The van der Waals surface area contributed by atoms with Crippen molar-refractivity contribution in [2.24, 2.45) is 5.41 Å². The summed E-state index contributed by atoms with van der Waals surface area (Å²) in [6.07, 6.45) is 4.43. The van der Waals surface area contributed by atoms with Gasteiger partial charge in [-0.3, -0.25) is 4.79 Å². The van der Waals surface area contributed by atoms with Gasteiger partial charge in [0.2, 0.25) is 5.91 Å². The third kappa shape index (κ3) is 4.68. The summed E-state index contributed by atoms with van der Waals surface area (Å²) in [4.78, 5) is 13.4. The Morgan fingerprint density at radius 2 is 1.87 bits per heavy atom. The van der Waals surface area contributed by atoms with Crippen LogP contribution in [-0.2, 0) is 20.7 Å². The molecule has 0 bridgehead atoms. The zero-order chi connectivity index (χ0) is 20.8. The van der Waals surface area contributed by atoms with Crippen LogP contribution >= 0.6 is 0 Å². The molecule has 0 radical (unpaired) electrons. The van der Waals surface area contributed by atoms with Crippen molar-refractivity contribution < 1.29 is 19.0 Å². The number of amides is 1. The summed E-state index contributed by atoms with van der Waals surface area (Å²) < 4.78 is 16.6. The molecule has 2 aliphatic heterocycles. The molecule has 30 heavy (non-hydrogen) atoms. The average molecular weight is 410 g/mol. The number of benzene rings is 2. The van der Waals surface area contributed by atoms with E-state index in [1.54, 1.807) is 7.11 Å². The Labute approximate surface area is 178 Å². The van der Waals surface area contributed by atoms with E-state index in [-0.39, 0.29) is 12.0 Å². The van der Waals surface area contributed by atoms with Crippen LogP contribution in [0.5, 0.6) is 5.75 Å². The Morgan fingerprint density at radius 3 is 2.57 bits per heavy atom. The molecule has 1 atom stereocenters. The van der Waals surface area contributed by atoms with Gasteiger partial charge in [-0.2, -0.15) is 0 Å². The minimum atomic E-state index is -0.445. The molecule has 1 N–H and O–H groups in total. The lowest BCUT2D eigenvalue weighted by Gasteiger charge is -2.36. The molecule has 0 unspecified atom stereocenters. The van der Waals surface area contributed by atoms with Gasteiger partial charge in [-0.15, -0.1) is 0 Å². The van der Waals surface area contributed by atoms with Crippen LogP contribution in [0.15, 0.2) is 48.5 Å². The van der Waals surface area contributed by atoms with Crippen LogP contribution in [0.3, 0.4) is 0 Å². The summed E-state index contributed by atoms with van der Waals surface area (Å²) in [6, 6.07) is 16.5. The fraction of sp³-hybridized carbons (Fsp3) is 0.480. The van der Waals surface area contributed by atoms with E-state index >= 15 is 0 Å². The molecular formula is C25H31NO4. The lowest BCUT2D eigenvalue weighted by Crippen LogP contribution is -2.48. The third-order valence-corrected chi connectivity index (χ3v) is 6.39.